The van der Waals surface area contributed by atoms with E-state index in [0.717, 1.165) is 0 Å². The summed E-state index contributed by atoms with van der Waals surface area (Å²) in [6.45, 7) is 4.37. The zero-order valence-corrected chi connectivity index (χ0v) is 11.9. The summed E-state index contributed by atoms with van der Waals surface area (Å²) in [6.07, 6.45) is -1.09. The Kier molecular flexibility index (Phi) is 6.27. The van der Waals surface area contributed by atoms with E-state index in [2.05, 4.69) is 19.2 Å². The van der Waals surface area contributed by atoms with Gasteiger partial charge in [-0.25, -0.2) is 9.59 Å². The van der Waals surface area contributed by atoms with E-state index in [0.29, 0.717) is 10.5 Å². The van der Waals surface area contributed by atoms with E-state index < -0.39 is 18.0 Å². The maximum atomic E-state index is 11.7. The van der Waals surface area contributed by atoms with Crippen molar-refractivity contribution < 1.29 is 24.2 Å². The predicted octanol–water partition coefficient (Wildman–Crippen LogP) is 1.61. The first-order valence-corrected chi connectivity index (χ1v) is 6.32. The highest BCUT2D eigenvalue weighted by atomic mass is 32.1. The Morgan fingerprint density at radius 2 is 1.90 bits per heavy atom. The van der Waals surface area contributed by atoms with E-state index >= 15 is 0 Å². The average Bonchev–Trinajstić information content (AvgIpc) is 2.42. The molecule has 1 rings (SSSR count). The lowest BCUT2D eigenvalue weighted by molar-refractivity contribution is -0.142. The number of hydrogen-bond donors (Lipinski definition) is 2. The van der Waals surface area contributed by atoms with Crippen molar-refractivity contribution >= 4 is 24.6 Å². The number of aliphatic hydroxyl groups excluding tert-OH is 1. The molecule has 0 fully saturated rings. The SMILES string of the molecule is C=C(C)C(=O)OCC(O)COC(=O)c1ccccc1S. The van der Waals surface area contributed by atoms with Gasteiger partial charge in [0.15, 0.2) is 0 Å². The molecule has 1 atom stereocenters. The third kappa shape index (κ3) is 5.07. The number of esters is 2. The molecule has 0 heterocycles. The smallest absolute Gasteiger partial charge is 0.339 e. The summed E-state index contributed by atoms with van der Waals surface area (Å²) in [5, 5.41) is 9.54. The van der Waals surface area contributed by atoms with Gasteiger partial charge in [0.05, 0.1) is 5.56 Å². The normalized spacial score (nSPS) is 11.6. The van der Waals surface area contributed by atoms with Crippen LogP contribution in [0.5, 0.6) is 0 Å². The molecule has 5 nitrogen and oxygen atoms in total. The molecule has 108 valence electrons. The third-order valence-corrected chi connectivity index (χ3v) is 2.68. The van der Waals surface area contributed by atoms with E-state index in [4.69, 9.17) is 9.47 Å². The fourth-order valence-corrected chi connectivity index (χ4v) is 1.49. The van der Waals surface area contributed by atoms with Crippen LogP contribution in [-0.4, -0.2) is 36.4 Å². The highest BCUT2D eigenvalue weighted by Gasteiger charge is 2.14. The van der Waals surface area contributed by atoms with Crippen LogP contribution in [0.2, 0.25) is 0 Å². The maximum Gasteiger partial charge on any atom is 0.339 e. The van der Waals surface area contributed by atoms with Crippen molar-refractivity contribution in [1.82, 2.24) is 0 Å². The minimum atomic E-state index is -1.09. The van der Waals surface area contributed by atoms with Crippen molar-refractivity contribution in [1.29, 1.82) is 0 Å². The Bertz CT molecular complexity index is 512. The lowest BCUT2D eigenvalue weighted by Gasteiger charge is -2.12. The summed E-state index contributed by atoms with van der Waals surface area (Å²) < 4.78 is 9.64. The van der Waals surface area contributed by atoms with Gasteiger partial charge in [0.25, 0.3) is 0 Å². The fourth-order valence-electron chi connectivity index (χ4n) is 1.24. The molecule has 1 aromatic carbocycles. The summed E-state index contributed by atoms with van der Waals surface area (Å²) in [4.78, 5) is 23.3. The van der Waals surface area contributed by atoms with Gasteiger partial charge < -0.3 is 14.6 Å². The van der Waals surface area contributed by atoms with Crippen LogP contribution in [0.15, 0.2) is 41.3 Å². The highest BCUT2D eigenvalue weighted by Crippen LogP contribution is 2.14. The number of carbonyl (C=O) groups is 2. The highest BCUT2D eigenvalue weighted by molar-refractivity contribution is 7.80. The molecule has 0 spiro atoms. The van der Waals surface area contributed by atoms with Gasteiger partial charge in [0.1, 0.15) is 19.3 Å². The molecule has 0 amide bonds. The molecule has 0 saturated heterocycles. The van der Waals surface area contributed by atoms with E-state index in [-0.39, 0.29) is 18.8 Å². The van der Waals surface area contributed by atoms with Crippen LogP contribution >= 0.6 is 12.6 Å². The molecule has 0 saturated carbocycles. The summed E-state index contributed by atoms with van der Waals surface area (Å²) in [5.41, 5.74) is 0.542. The van der Waals surface area contributed by atoms with E-state index in [1.807, 2.05) is 0 Å². The van der Waals surface area contributed by atoms with Gasteiger partial charge in [0.2, 0.25) is 0 Å². The second-order valence-electron chi connectivity index (χ2n) is 4.15. The van der Waals surface area contributed by atoms with Gasteiger partial charge in [-0.05, 0) is 19.1 Å². The number of benzene rings is 1. The Labute approximate surface area is 122 Å². The summed E-state index contributed by atoms with van der Waals surface area (Å²) >= 11 is 4.13. The van der Waals surface area contributed by atoms with Gasteiger partial charge >= 0.3 is 11.9 Å². The van der Waals surface area contributed by atoms with Crippen LogP contribution in [0.4, 0.5) is 0 Å². The minimum absolute atomic E-state index is 0.234. The van der Waals surface area contributed by atoms with Crippen LogP contribution in [0, 0.1) is 0 Å². The molecule has 0 bridgehead atoms. The first-order valence-electron chi connectivity index (χ1n) is 5.87. The van der Waals surface area contributed by atoms with Crippen LogP contribution < -0.4 is 0 Å². The van der Waals surface area contributed by atoms with E-state index in [1.165, 1.54) is 6.92 Å². The Balaban J connectivity index is 2.40. The minimum Gasteiger partial charge on any atom is -0.459 e. The van der Waals surface area contributed by atoms with Crippen LogP contribution in [-0.2, 0) is 14.3 Å². The van der Waals surface area contributed by atoms with Crippen molar-refractivity contribution in [3.63, 3.8) is 0 Å². The molecule has 1 aromatic rings. The molecular weight excluding hydrogens is 280 g/mol. The van der Waals surface area contributed by atoms with Gasteiger partial charge in [-0.2, -0.15) is 0 Å². The van der Waals surface area contributed by atoms with Gasteiger partial charge in [-0.1, -0.05) is 18.7 Å². The maximum absolute atomic E-state index is 11.7. The van der Waals surface area contributed by atoms with E-state index in [9.17, 15) is 14.7 Å². The van der Waals surface area contributed by atoms with Gasteiger partial charge in [0, 0.05) is 10.5 Å². The summed E-state index contributed by atoms with van der Waals surface area (Å²) in [6, 6.07) is 6.65. The molecule has 0 aliphatic heterocycles. The number of rotatable bonds is 6. The molecule has 0 aromatic heterocycles. The number of ether oxygens (including phenoxy) is 2. The van der Waals surface area contributed by atoms with Crippen LogP contribution in [0.1, 0.15) is 17.3 Å². The van der Waals surface area contributed by atoms with Crippen molar-refractivity contribution in [3.8, 4) is 0 Å². The van der Waals surface area contributed by atoms with Gasteiger partial charge in [-0.3, -0.25) is 0 Å². The second-order valence-corrected chi connectivity index (χ2v) is 4.63. The van der Waals surface area contributed by atoms with Crippen LogP contribution in [0.3, 0.4) is 0 Å². The average molecular weight is 296 g/mol. The predicted molar refractivity (Wildman–Crippen MR) is 75.8 cm³/mol. The monoisotopic (exact) mass is 296 g/mol. The lowest BCUT2D eigenvalue weighted by Crippen LogP contribution is -2.25. The quantitative estimate of drug-likeness (QED) is 0.474. The van der Waals surface area contributed by atoms with Crippen molar-refractivity contribution in [2.24, 2.45) is 0 Å². The molecule has 0 aliphatic rings. The second kappa shape index (κ2) is 7.72. The Morgan fingerprint density at radius 1 is 1.30 bits per heavy atom. The Morgan fingerprint density at radius 3 is 2.50 bits per heavy atom. The number of thiol groups is 1. The fraction of sp³-hybridized carbons (Fsp3) is 0.286. The molecule has 1 N–H and O–H groups in total. The third-order valence-electron chi connectivity index (χ3n) is 2.29. The van der Waals surface area contributed by atoms with Gasteiger partial charge in [-0.15, -0.1) is 12.6 Å². The molecular formula is C14H16O5S. The van der Waals surface area contributed by atoms with Crippen molar-refractivity contribution in [2.45, 2.75) is 17.9 Å². The molecule has 6 heteroatoms. The summed E-state index contributed by atoms with van der Waals surface area (Å²) in [7, 11) is 0. The zero-order chi connectivity index (χ0) is 15.1. The summed E-state index contributed by atoms with van der Waals surface area (Å²) in [5.74, 6) is -1.20. The number of carbonyl (C=O) groups excluding carboxylic acids is 2. The lowest BCUT2D eigenvalue weighted by atomic mass is 10.2. The first kappa shape index (κ1) is 16.3. The largest absolute Gasteiger partial charge is 0.459 e. The Hall–Kier alpha value is -1.79. The van der Waals surface area contributed by atoms with E-state index in [1.54, 1.807) is 24.3 Å². The zero-order valence-electron chi connectivity index (χ0n) is 11.0. The molecule has 20 heavy (non-hydrogen) atoms. The first-order chi connectivity index (χ1) is 9.41. The van der Waals surface area contributed by atoms with Crippen LogP contribution in [0.25, 0.3) is 0 Å². The number of aliphatic hydroxyl groups is 1. The molecule has 1 unspecified atom stereocenters. The molecule has 0 aliphatic carbocycles. The van der Waals surface area contributed by atoms with Crippen molar-refractivity contribution in [2.75, 3.05) is 13.2 Å². The molecule has 0 radical (unpaired) electrons. The topological polar surface area (TPSA) is 72.8 Å². The number of hydrogen-bond acceptors (Lipinski definition) is 6. The van der Waals surface area contributed by atoms with Crippen molar-refractivity contribution in [3.05, 3.63) is 42.0 Å². The standard InChI is InChI=1S/C14H16O5S/c1-9(2)13(16)18-7-10(15)8-19-14(17)11-5-3-4-6-12(11)20/h3-6,10,15,20H,1,7-8H2,2H3.